The maximum Gasteiger partial charge on any atom is 0.148 e. The SMILES string of the molecule is C[B]c1ccc(N(C)C)c(F)c1. The predicted octanol–water partition coefficient (Wildman–Crippen LogP) is 1.27. The highest BCUT2D eigenvalue weighted by Crippen LogP contribution is 2.13. The van der Waals surface area contributed by atoms with Gasteiger partial charge in [-0.25, -0.2) is 4.39 Å². The van der Waals surface area contributed by atoms with Crippen LogP contribution in [-0.4, -0.2) is 21.4 Å². The smallest absolute Gasteiger partial charge is 0.148 e. The van der Waals surface area contributed by atoms with Gasteiger partial charge in [-0.15, -0.1) is 0 Å². The molecule has 0 aliphatic heterocycles. The van der Waals surface area contributed by atoms with Crippen LogP contribution in [0.3, 0.4) is 0 Å². The lowest BCUT2D eigenvalue weighted by atomic mass is 9.73. The number of hydrogen-bond donors (Lipinski definition) is 0. The summed E-state index contributed by atoms with van der Waals surface area (Å²) >= 11 is 0. The van der Waals surface area contributed by atoms with Gasteiger partial charge in [0.15, 0.2) is 0 Å². The Kier molecular flexibility index (Phi) is 2.74. The van der Waals surface area contributed by atoms with Crippen molar-refractivity contribution in [3.63, 3.8) is 0 Å². The van der Waals surface area contributed by atoms with Gasteiger partial charge in [-0.1, -0.05) is 18.4 Å². The normalized spacial score (nSPS) is 9.67. The Morgan fingerprint density at radius 3 is 2.42 bits per heavy atom. The number of halogens is 1. The first-order valence-corrected chi connectivity index (χ1v) is 3.91. The van der Waals surface area contributed by atoms with Crippen LogP contribution in [0.1, 0.15) is 0 Å². The van der Waals surface area contributed by atoms with Crippen molar-refractivity contribution in [2.75, 3.05) is 19.0 Å². The number of rotatable bonds is 2. The monoisotopic (exact) mass is 164 g/mol. The first kappa shape index (κ1) is 9.11. The van der Waals surface area contributed by atoms with Crippen LogP contribution >= 0.6 is 0 Å². The van der Waals surface area contributed by atoms with E-state index in [1.54, 1.807) is 11.0 Å². The summed E-state index contributed by atoms with van der Waals surface area (Å²) in [7, 11) is 5.53. The zero-order valence-corrected chi connectivity index (χ0v) is 7.63. The molecular formula is C9H12BFN. The number of anilines is 1. The van der Waals surface area contributed by atoms with Crippen molar-refractivity contribution in [3.05, 3.63) is 24.0 Å². The Hall–Kier alpha value is -0.985. The van der Waals surface area contributed by atoms with Crippen LogP contribution < -0.4 is 10.4 Å². The van der Waals surface area contributed by atoms with Crippen molar-refractivity contribution < 1.29 is 4.39 Å². The maximum absolute atomic E-state index is 13.2. The van der Waals surface area contributed by atoms with E-state index in [9.17, 15) is 4.39 Å². The van der Waals surface area contributed by atoms with Crippen molar-refractivity contribution >= 4 is 18.4 Å². The minimum Gasteiger partial charge on any atom is -0.375 e. The quantitative estimate of drug-likeness (QED) is 0.595. The third-order valence-corrected chi connectivity index (χ3v) is 1.79. The molecule has 1 nitrogen and oxygen atoms in total. The molecule has 0 atom stereocenters. The van der Waals surface area contributed by atoms with E-state index >= 15 is 0 Å². The molecule has 1 radical (unpaired) electrons. The Balaban J connectivity index is 3.03. The van der Waals surface area contributed by atoms with Crippen LogP contribution in [0, 0.1) is 5.82 Å². The third-order valence-electron chi connectivity index (χ3n) is 1.79. The molecule has 0 saturated heterocycles. The van der Waals surface area contributed by atoms with Crippen LogP contribution in [-0.2, 0) is 0 Å². The Labute approximate surface area is 73.4 Å². The molecule has 63 valence electrons. The van der Waals surface area contributed by atoms with Crippen molar-refractivity contribution in [1.82, 2.24) is 0 Å². The van der Waals surface area contributed by atoms with Crippen molar-refractivity contribution in [3.8, 4) is 0 Å². The van der Waals surface area contributed by atoms with E-state index in [1.807, 2.05) is 34.3 Å². The summed E-state index contributed by atoms with van der Waals surface area (Å²) < 4.78 is 13.2. The molecule has 1 aromatic rings. The lowest BCUT2D eigenvalue weighted by molar-refractivity contribution is 0.627. The largest absolute Gasteiger partial charge is 0.375 e. The van der Waals surface area contributed by atoms with E-state index < -0.39 is 0 Å². The minimum atomic E-state index is -0.171. The summed E-state index contributed by atoms with van der Waals surface area (Å²) in [5.74, 6) is -0.171. The molecular weight excluding hydrogens is 152 g/mol. The summed E-state index contributed by atoms with van der Waals surface area (Å²) in [5, 5.41) is 0. The second-order valence-corrected chi connectivity index (χ2v) is 2.89. The number of benzene rings is 1. The molecule has 0 aliphatic rings. The van der Waals surface area contributed by atoms with Gasteiger partial charge in [-0.05, 0) is 12.1 Å². The van der Waals surface area contributed by atoms with E-state index in [0.29, 0.717) is 5.69 Å². The summed E-state index contributed by atoms with van der Waals surface area (Å²) in [6.07, 6.45) is 0. The standard InChI is InChI=1S/C9H12BFN/c1-10-7-4-5-9(12(2)3)8(11)6-7/h4-6H,1-3H3. The highest BCUT2D eigenvalue weighted by molar-refractivity contribution is 6.51. The van der Waals surface area contributed by atoms with Gasteiger partial charge < -0.3 is 4.90 Å². The van der Waals surface area contributed by atoms with Crippen molar-refractivity contribution in [1.29, 1.82) is 0 Å². The predicted molar refractivity (Wildman–Crippen MR) is 52.0 cm³/mol. The summed E-state index contributed by atoms with van der Waals surface area (Å²) in [6, 6.07) is 5.22. The van der Waals surface area contributed by atoms with Crippen LogP contribution in [0.2, 0.25) is 6.82 Å². The molecule has 0 bridgehead atoms. The topological polar surface area (TPSA) is 3.24 Å². The van der Waals surface area contributed by atoms with Gasteiger partial charge in [-0.3, -0.25) is 0 Å². The van der Waals surface area contributed by atoms with Crippen molar-refractivity contribution in [2.45, 2.75) is 6.82 Å². The average molecular weight is 164 g/mol. The van der Waals surface area contributed by atoms with Gasteiger partial charge in [0.2, 0.25) is 0 Å². The first-order chi connectivity index (χ1) is 5.65. The summed E-state index contributed by atoms with van der Waals surface area (Å²) in [5.41, 5.74) is 1.54. The first-order valence-electron chi connectivity index (χ1n) is 3.91. The fourth-order valence-corrected chi connectivity index (χ4v) is 1.07. The highest BCUT2D eigenvalue weighted by atomic mass is 19.1. The molecule has 0 spiro atoms. The molecule has 0 amide bonds. The molecule has 1 rings (SSSR count). The van der Waals surface area contributed by atoms with Crippen molar-refractivity contribution in [2.24, 2.45) is 0 Å². The molecule has 0 aliphatic carbocycles. The fraction of sp³-hybridized carbons (Fsp3) is 0.333. The average Bonchev–Trinajstić information content (AvgIpc) is 2.03. The van der Waals surface area contributed by atoms with E-state index in [1.165, 1.54) is 6.07 Å². The van der Waals surface area contributed by atoms with E-state index in [-0.39, 0.29) is 5.82 Å². The minimum absolute atomic E-state index is 0.171. The molecule has 0 saturated carbocycles. The van der Waals surface area contributed by atoms with Crippen LogP contribution in [0.25, 0.3) is 0 Å². The van der Waals surface area contributed by atoms with Gasteiger partial charge in [0.1, 0.15) is 13.1 Å². The zero-order chi connectivity index (χ0) is 9.14. The van der Waals surface area contributed by atoms with Crippen LogP contribution in [0.15, 0.2) is 18.2 Å². The number of hydrogen-bond acceptors (Lipinski definition) is 1. The van der Waals surface area contributed by atoms with E-state index in [2.05, 4.69) is 0 Å². The zero-order valence-electron chi connectivity index (χ0n) is 7.63. The lowest BCUT2D eigenvalue weighted by Gasteiger charge is -2.13. The van der Waals surface area contributed by atoms with E-state index in [4.69, 9.17) is 0 Å². The number of nitrogens with zero attached hydrogens (tertiary/aromatic N) is 1. The molecule has 0 unspecified atom stereocenters. The molecule has 0 heterocycles. The molecule has 0 aromatic heterocycles. The molecule has 0 N–H and O–H groups in total. The van der Waals surface area contributed by atoms with Gasteiger partial charge in [-0.2, -0.15) is 0 Å². The van der Waals surface area contributed by atoms with Gasteiger partial charge in [0.05, 0.1) is 5.69 Å². The van der Waals surface area contributed by atoms with Gasteiger partial charge >= 0.3 is 0 Å². The third kappa shape index (κ3) is 1.78. The molecule has 0 fully saturated rings. The van der Waals surface area contributed by atoms with Gasteiger partial charge in [0, 0.05) is 14.1 Å². The van der Waals surface area contributed by atoms with Crippen LogP contribution in [0.5, 0.6) is 0 Å². The van der Waals surface area contributed by atoms with Gasteiger partial charge in [0.25, 0.3) is 0 Å². The Morgan fingerprint density at radius 1 is 1.33 bits per heavy atom. The van der Waals surface area contributed by atoms with Crippen LogP contribution in [0.4, 0.5) is 10.1 Å². The molecule has 3 heteroatoms. The van der Waals surface area contributed by atoms with E-state index in [0.717, 1.165) is 5.46 Å². The Bertz CT molecular complexity index is 273. The maximum atomic E-state index is 13.2. The Morgan fingerprint density at radius 2 is 2.00 bits per heavy atom. The molecule has 12 heavy (non-hydrogen) atoms. The highest BCUT2D eigenvalue weighted by Gasteiger charge is 2.03. The second-order valence-electron chi connectivity index (χ2n) is 2.89. The molecule has 1 aromatic carbocycles. The second kappa shape index (κ2) is 3.61. The summed E-state index contributed by atoms with van der Waals surface area (Å²) in [6.45, 7) is 1.89. The lowest BCUT2D eigenvalue weighted by Crippen LogP contribution is -2.15. The fourth-order valence-electron chi connectivity index (χ4n) is 1.07. The summed E-state index contributed by atoms with van der Waals surface area (Å²) in [4.78, 5) is 1.76.